The van der Waals surface area contributed by atoms with Gasteiger partial charge >= 0.3 is 0 Å². The Kier molecular flexibility index (Phi) is 5.37. The lowest BCUT2D eigenvalue weighted by molar-refractivity contribution is -0.410. The summed E-state index contributed by atoms with van der Waals surface area (Å²) in [6.07, 6.45) is 1.69. The Labute approximate surface area is 138 Å². The molecule has 2 aromatic rings. The van der Waals surface area contributed by atoms with Gasteiger partial charge in [-0.2, -0.15) is 0 Å². The van der Waals surface area contributed by atoms with Crippen LogP contribution in [0.5, 0.6) is 0 Å². The molecule has 1 aromatic carbocycles. The lowest BCUT2D eigenvalue weighted by Crippen LogP contribution is -2.26. The first-order chi connectivity index (χ1) is 11.0. The van der Waals surface area contributed by atoms with Crippen LogP contribution in [0.4, 0.5) is 11.5 Å². The van der Waals surface area contributed by atoms with E-state index in [1.165, 1.54) is 17.8 Å². The predicted octanol–water partition coefficient (Wildman–Crippen LogP) is 1.71. The van der Waals surface area contributed by atoms with Crippen molar-refractivity contribution in [1.82, 2.24) is 0 Å². The van der Waals surface area contributed by atoms with E-state index < -0.39 is 11.8 Å². The molecule has 0 atom stereocenters. The average Bonchev–Trinajstić information content (AvgIpc) is 2.53. The molecule has 6 N–H and O–H groups in total. The van der Waals surface area contributed by atoms with Crippen LogP contribution in [0, 0.1) is 0 Å². The minimum Gasteiger partial charge on any atom is -0.365 e. The molecule has 0 unspecified atom stereocenters. The standard InChI is InChI=1S/C16H16N4O2S/c1-2-8-23-16-12(14(18)21)9-11(13(17)20-16)15(22)19-10-6-4-3-5-7-10/h2-7,9H,1,8H2,(H2,17,20)(H2,18,21)(H,19,22)/p+1. The monoisotopic (exact) mass is 329 g/mol. The molecule has 0 radical (unpaired) electrons. The molecule has 1 heterocycles. The fraction of sp³-hybridized carbons (Fsp3) is 0.0625. The number of nitrogens with two attached hydrogens (primary N) is 2. The molecule has 0 saturated heterocycles. The zero-order valence-corrected chi connectivity index (χ0v) is 13.2. The summed E-state index contributed by atoms with van der Waals surface area (Å²) >= 11 is 1.33. The summed E-state index contributed by atoms with van der Waals surface area (Å²) in [5, 5.41) is 3.22. The number of aromatic nitrogens is 1. The largest absolute Gasteiger partial charge is 0.365 e. The highest BCUT2D eigenvalue weighted by Gasteiger charge is 2.22. The summed E-state index contributed by atoms with van der Waals surface area (Å²) < 4.78 is 0. The topological polar surface area (TPSA) is 112 Å². The number of benzene rings is 1. The number of carbonyl (C=O) groups excluding carboxylic acids is 2. The molecule has 0 bridgehead atoms. The molecule has 7 heteroatoms. The molecule has 0 spiro atoms. The first-order valence-electron chi connectivity index (χ1n) is 6.78. The van der Waals surface area contributed by atoms with Gasteiger partial charge in [0.1, 0.15) is 5.56 Å². The lowest BCUT2D eigenvalue weighted by Gasteiger charge is -2.08. The predicted molar refractivity (Wildman–Crippen MR) is 91.2 cm³/mol. The summed E-state index contributed by atoms with van der Waals surface area (Å²) in [5.74, 6) is -0.324. The summed E-state index contributed by atoms with van der Waals surface area (Å²) in [6, 6.07) is 10.3. The van der Waals surface area contributed by atoms with Crippen molar-refractivity contribution in [3.63, 3.8) is 0 Å². The van der Waals surface area contributed by atoms with Crippen molar-refractivity contribution in [1.29, 1.82) is 0 Å². The SMILES string of the molecule is C=CCSc1[nH+]c(N)c(C(=O)Nc2ccccc2)cc1C(N)=O. The van der Waals surface area contributed by atoms with Gasteiger partial charge in [-0.15, -0.1) is 6.58 Å². The molecule has 0 aliphatic carbocycles. The molecular formula is C16H17N4O2S+. The first-order valence-corrected chi connectivity index (χ1v) is 7.77. The zero-order valence-electron chi connectivity index (χ0n) is 12.3. The second-order valence-electron chi connectivity index (χ2n) is 4.62. The molecule has 2 amide bonds. The summed E-state index contributed by atoms with van der Waals surface area (Å²) in [7, 11) is 0. The number of para-hydroxylation sites is 1. The van der Waals surface area contributed by atoms with Gasteiger partial charge in [-0.25, -0.2) is 4.98 Å². The van der Waals surface area contributed by atoms with E-state index in [1.54, 1.807) is 30.3 Å². The Balaban J connectivity index is 2.34. The maximum atomic E-state index is 12.3. The van der Waals surface area contributed by atoms with Gasteiger partial charge in [-0.3, -0.25) is 15.3 Å². The van der Waals surface area contributed by atoms with Crippen LogP contribution in [0.15, 0.2) is 54.1 Å². The Hall–Kier alpha value is -2.80. The number of H-pyrrole nitrogens is 1. The first kappa shape index (κ1) is 16.6. The van der Waals surface area contributed by atoms with Crippen molar-refractivity contribution in [3.8, 4) is 0 Å². The number of hydrogen-bond acceptors (Lipinski definition) is 4. The third-order valence-corrected chi connectivity index (χ3v) is 3.97. The molecular weight excluding hydrogens is 312 g/mol. The van der Waals surface area contributed by atoms with Crippen molar-refractivity contribution < 1.29 is 14.6 Å². The van der Waals surface area contributed by atoms with Crippen LogP contribution < -0.4 is 21.8 Å². The Bertz CT molecular complexity index is 747. The number of nitrogen functional groups attached to an aromatic ring is 1. The highest BCUT2D eigenvalue weighted by Crippen LogP contribution is 2.21. The second kappa shape index (κ2) is 7.46. The van der Waals surface area contributed by atoms with Crippen LogP contribution in [0.3, 0.4) is 0 Å². The van der Waals surface area contributed by atoms with E-state index >= 15 is 0 Å². The van der Waals surface area contributed by atoms with E-state index in [0.717, 1.165) is 0 Å². The second-order valence-corrected chi connectivity index (χ2v) is 5.65. The van der Waals surface area contributed by atoms with E-state index in [1.807, 2.05) is 6.07 Å². The fourth-order valence-corrected chi connectivity index (χ4v) is 2.67. The zero-order chi connectivity index (χ0) is 16.8. The number of hydrogen-bond donors (Lipinski definition) is 3. The molecule has 6 nitrogen and oxygen atoms in total. The third-order valence-electron chi connectivity index (χ3n) is 2.96. The quantitative estimate of drug-likeness (QED) is 0.553. The van der Waals surface area contributed by atoms with E-state index in [-0.39, 0.29) is 16.9 Å². The van der Waals surface area contributed by atoms with Gasteiger partial charge in [0.2, 0.25) is 0 Å². The normalized spacial score (nSPS) is 10.1. The highest BCUT2D eigenvalue weighted by atomic mass is 32.2. The van der Waals surface area contributed by atoms with Crippen LogP contribution in [-0.4, -0.2) is 17.6 Å². The molecule has 23 heavy (non-hydrogen) atoms. The van der Waals surface area contributed by atoms with Crippen molar-refractivity contribution >= 4 is 35.1 Å². The molecule has 0 aliphatic rings. The van der Waals surface area contributed by atoms with Gasteiger partial charge in [0, 0.05) is 11.4 Å². The van der Waals surface area contributed by atoms with Crippen molar-refractivity contribution in [3.05, 3.63) is 60.2 Å². The number of amides is 2. The van der Waals surface area contributed by atoms with Gasteiger partial charge in [-0.1, -0.05) is 36.0 Å². The molecule has 0 aliphatic heterocycles. The summed E-state index contributed by atoms with van der Waals surface area (Å²) in [6.45, 7) is 3.62. The van der Waals surface area contributed by atoms with E-state index in [0.29, 0.717) is 16.5 Å². The minimum atomic E-state index is -0.637. The Morgan fingerprint density at radius 2 is 1.96 bits per heavy atom. The number of carbonyl (C=O) groups is 2. The number of primary amides is 1. The summed E-state index contributed by atoms with van der Waals surface area (Å²) in [5.41, 5.74) is 12.3. The van der Waals surface area contributed by atoms with Crippen molar-refractivity contribution in [2.45, 2.75) is 5.03 Å². The maximum Gasteiger partial charge on any atom is 0.284 e. The Morgan fingerprint density at radius 1 is 1.26 bits per heavy atom. The van der Waals surface area contributed by atoms with Crippen LogP contribution in [-0.2, 0) is 0 Å². The van der Waals surface area contributed by atoms with Crippen molar-refractivity contribution in [2.75, 3.05) is 16.8 Å². The Morgan fingerprint density at radius 3 is 2.57 bits per heavy atom. The van der Waals surface area contributed by atoms with Crippen LogP contribution in [0.25, 0.3) is 0 Å². The molecule has 0 fully saturated rings. The smallest absolute Gasteiger partial charge is 0.284 e. The molecule has 0 saturated carbocycles. The minimum absolute atomic E-state index is 0.158. The maximum absolute atomic E-state index is 12.3. The van der Waals surface area contributed by atoms with Gasteiger partial charge in [-0.05, 0) is 18.2 Å². The van der Waals surface area contributed by atoms with Crippen LogP contribution in [0.1, 0.15) is 20.7 Å². The molecule has 118 valence electrons. The van der Waals surface area contributed by atoms with Gasteiger partial charge < -0.3 is 11.1 Å². The van der Waals surface area contributed by atoms with Gasteiger partial charge in [0.25, 0.3) is 17.6 Å². The number of aromatic amines is 1. The average molecular weight is 329 g/mol. The molecule has 1 aromatic heterocycles. The number of anilines is 2. The number of pyridine rings is 1. The highest BCUT2D eigenvalue weighted by molar-refractivity contribution is 7.99. The van der Waals surface area contributed by atoms with E-state index in [2.05, 4.69) is 16.9 Å². The third kappa shape index (κ3) is 4.10. The van der Waals surface area contributed by atoms with Crippen LogP contribution in [0.2, 0.25) is 0 Å². The number of nitrogens with one attached hydrogen (secondary N) is 2. The van der Waals surface area contributed by atoms with Gasteiger partial charge in [0.15, 0.2) is 5.03 Å². The van der Waals surface area contributed by atoms with Crippen LogP contribution >= 0.6 is 11.8 Å². The van der Waals surface area contributed by atoms with E-state index in [9.17, 15) is 9.59 Å². The lowest BCUT2D eigenvalue weighted by atomic mass is 10.1. The molecule has 2 rings (SSSR count). The number of thioether (sulfide) groups is 1. The van der Waals surface area contributed by atoms with Crippen molar-refractivity contribution in [2.24, 2.45) is 5.73 Å². The summed E-state index contributed by atoms with van der Waals surface area (Å²) in [4.78, 5) is 26.8. The number of rotatable bonds is 6. The fourth-order valence-electron chi connectivity index (χ4n) is 1.89. The van der Waals surface area contributed by atoms with E-state index in [4.69, 9.17) is 11.5 Å². The van der Waals surface area contributed by atoms with Gasteiger partial charge in [0.05, 0.1) is 5.56 Å².